The van der Waals surface area contributed by atoms with E-state index in [1.165, 1.54) is 48.6 Å². The second-order valence-electron chi connectivity index (χ2n) is 9.30. The Hall–Kier alpha value is -3.40. The molecule has 172 valence electrons. The summed E-state index contributed by atoms with van der Waals surface area (Å²) in [5.41, 5.74) is 5.00. The SMILES string of the molecule is CC(C=CC1=C(C)CCCC1(C)C)=CC=CC(C)=CC(=O)Oc1ccc2ccc(=O)oc2c1. The second-order valence-corrected chi connectivity index (χ2v) is 9.30. The molecule has 3 rings (SSSR count). The van der Waals surface area contributed by atoms with Crippen molar-refractivity contribution in [3.8, 4) is 5.75 Å². The Morgan fingerprint density at radius 3 is 2.61 bits per heavy atom. The van der Waals surface area contributed by atoms with E-state index in [-0.39, 0.29) is 5.41 Å². The van der Waals surface area contributed by atoms with Gasteiger partial charge in [-0.2, -0.15) is 0 Å². The predicted octanol–water partition coefficient (Wildman–Crippen LogP) is 7.23. The molecular formula is C29H32O4. The maximum Gasteiger partial charge on any atom is 0.336 e. The Bertz CT molecular complexity index is 1250. The molecule has 0 spiro atoms. The van der Waals surface area contributed by atoms with Crippen LogP contribution in [0.4, 0.5) is 0 Å². The number of carbonyl (C=O) groups excluding carboxylic acids is 1. The van der Waals surface area contributed by atoms with Crippen LogP contribution in [0, 0.1) is 5.41 Å². The maximum atomic E-state index is 12.2. The number of esters is 1. The summed E-state index contributed by atoms with van der Waals surface area (Å²) in [5, 5.41) is 0.763. The first-order valence-corrected chi connectivity index (χ1v) is 11.3. The first-order valence-electron chi connectivity index (χ1n) is 11.3. The van der Waals surface area contributed by atoms with Crippen molar-refractivity contribution in [1.29, 1.82) is 0 Å². The Balaban J connectivity index is 1.61. The Morgan fingerprint density at radius 1 is 1.09 bits per heavy atom. The van der Waals surface area contributed by atoms with Gasteiger partial charge in [-0.05, 0) is 74.8 Å². The normalized spacial score (nSPS) is 17.4. The second kappa shape index (κ2) is 10.5. The zero-order valence-corrected chi connectivity index (χ0v) is 20.1. The van der Waals surface area contributed by atoms with Gasteiger partial charge in [0.25, 0.3) is 0 Å². The minimum atomic E-state index is -0.489. The fourth-order valence-corrected chi connectivity index (χ4v) is 4.12. The van der Waals surface area contributed by atoms with Gasteiger partial charge < -0.3 is 9.15 Å². The molecule has 0 amide bonds. The first-order chi connectivity index (χ1) is 15.6. The van der Waals surface area contributed by atoms with Gasteiger partial charge in [-0.3, -0.25) is 0 Å². The highest BCUT2D eigenvalue weighted by atomic mass is 16.5. The van der Waals surface area contributed by atoms with Gasteiger partial charge in [-0.15, -0.1) is 0 Å². The van der Waals surface area contributed by atoms with E-state index in [0.717, 1.165) is 16.5 Å². The summed E-state index contributed by atoms with van der Waals surface area (Å²) >= 11 is 0. The molecule has 0 saturated carbocycles. The summed E-state index contributed by atoms with van der Waals surface area (Å²) < 4.78 is 10.5. The lowest BCUT2D eigenvalue weighted by molar-refractivity contribution is -0.129. The minimum absolute atomic E-state index is 0.227. The first kappa shape index (κ1) is 24.2. The monoisotopic (exact) mass is 444 g/mol. The van der Waals surface area contributed by atoms with Crippen molar-refractivity contribution in [1.82, 2.24) is 0 Å². The molecule has 1 aliphatic rings. The van der Waals surface area contributed by atoms with Gasteiger partial charge in [0.1, 0.15) is 11.3 Å². The molecule has 1 aromatic heterocycles. The van der Waals surface area contributed by atoms with Crippen LogP contribution in [-0.2, 0) is 4.79 Å². The van der Waals surface area contributed by atoms with Gasteiger partial charge in [-0.1, -0.05) is 55.4 Å². The summed E-state index contributed by atoms with van der Waals surface area (Å²) in [6, 6.07) is 7.97. The van der Waals surface area contributed by atoms with Crippen LogP contribution in [0.3, 0.4) is 0 Å². The van der Waals surface area contributed by atoms with Crippen molar-refractivity contribution in [2.24, 2.45) is 5.41 Å². The van der Waals surface area contributed by atoms with Crippen molar-refractivity contribution < 1.29 is 13.9 Å². The summed E-state index contributed by atoms with van der Waals surface area (Å²) in [6.07, 6.45) is 15.3. The number of fused-ring (bicyclic) bond motifs is 1. The van der Waals surface area contributed by atoms with E-state index in [1.807, 2.05) is 25.2 Å². The molecule has 0 aliphatic heterocycles. The van der Waals surface area contributed by atoms with Crippen LogP contribution in [0.15, 0.2) is 98.3 Å². The molecule has 0 unspecified atom stereocenters. The summed E-state index contributed by atoms with van der Waals surface area (Å²) in [4.78, 5) is 23.6. The highest BCUT2D eigenvalue weighted by Crippen LogP contribution is 2.40. The molecule has 0 N–H and O–H groups in total. The molecule has 4 nitrogen and oxygen atoms in total. The number of benzene rings is 1. The molecular weight excluding hydrogens is 412 g/mol. The molecule has 0 saturated heterocycles. The van der Waals surface area contributed by atoms with Crippen molar-refractivity contribution in [2.75, 3.05) is 0 Å². The third-order valence-electron chi connectivity index (χ3n) is 5.93. The molecule has 0 fully saturated rings. The average Bonchev–Trinajstić information content (AvgIpc) is 2.72. The van der Waals surface area contributed by atoms with Crippen molar-refractivity contribution in [3.05, 3.63) is 99.5 Å². The number of rotatable bonds is 6. The number of carbonyl (C=O) groups is 1. The van der Waals surface area contributed by atoms with Crippen LogP contribution >= 0.6 is 0 Å². The summed E-state index contributed by atoms with van der Waals surface area (Å²) in [5.74, 6) is -0.164. The molecule has 1 heterocycles. The maximum absolute atomic E-state index is 12.2. The van der Waals surface area contributed by atoms with E-state index < -0.39 is 11.6 Å². The van der Waals surface area contributed by atoms with Gasteiger partial charge in [0.2, 0.25) is 0 Å². The highest BCUT2D eigenvalue weighted by Gasteiger charge is 2.26. The van der Waals surface area contributed by atoms with Crippen molar-refractivity contribution in [3.63, 3.8) is 0 Å². The van der Waals surface area contributed by atoms with Gasteiger partial charge in [0.05, 0.1) is 0 Å². The van der Waals surface area contributed by atoms with Gasteiger partial charge >= 0.3 is 11.6 Å². The highest BCUT2D eigenvalue weighted by molar-refractivity contribution is 5.86. The zero-order chi connectivity index (χ0) is 24.0. The molecule has 2 aromatic rings. The van der Waals surface area contributed by atoms with E-state index in [1.54, 1.807) is 18.2 Å². The van der Waals surface area contributed by atoms with Crippen LogP contribution in [0.1, 0.15) is 53.9 Å². The number of hydrogen-bond acceptors (Lipinski definition) is 4. The van der Waals surface area contributed by atoms with Crippen LogP contribution in [0.25, 0.3) is 11.0 Å². The molecule has 33 heavy (non-hydrogen) atoms. The van der Waals surface area contributed by atoms with Crippen LogP contribution in [0.2, 0.25) is 0 Å². The van der Waals surface area contributed by atoms with Gasteiger partial charge in [0, 0.05) is 23.6 Å². The van der Waals surface area contributed by atoms with Gasteiger partial charge in [0.15, 0.2) is 0 Å². The largest absolute Gasteiger partial charge is 0.423 e. The Labute approximate surface area is 195 Å². The lowest BCUT2D eigenvalue weighted by atomic mass is 9.72. The molecule has 0 radical (unpaired) electrons. The third kappa shape index (κ3) is 6.79. The quantitative estimate of drug-likeness (QED) is 0.155. The molecule has 1 aromatic carbocycles. The van der Waals surface area contributed by atoms with Crippen LogP contribution < -0.4 is 10.4 Å². The lowest BCUT2D eigenvalue weighted by Gasteiger charge is -2.32. The standard InChI is InChI=1S/C29H32O4/c1-20(11-15-25-22(3)10-7-17-29(25,4)5)8-6-9-21(2)18-28(31)32-24-14-12-23-13-16-27(30)33-26(23)19-24/h6,8-9,11-16,18-19H,7,10,17H2,1-5H3. The Kier molecular flexibility index (Phi) is 7.70. The van der Waals surface area contributed by atoms with Crippen molar-refractivity contribution in [2.45, 2.75) is 53.9 Å². The Morgan fingerprint density at radius 2 is 1.85 bits per heavy atom. The van der Waals surface area contributed by atoms with Crippen LogP contribution in [-0.4, -0.2) is 5.97 Å². The molecule has 1 aliphatic carbocycles. The average molecular weight is 445 g/mol. The lowest BCUT2D eigenvalue weighted by Crippen LogP contribution is -2.19. The third-order valence-corrected chi connectivity index (χ3v) is 5.93. The minimum Gasteiger partial charge on any atom is -0.423 e. The van der Waals surface area contributed by atoms with Crippen molar-refractivity contribution >= 4 is 16.9 Å². The number of allylic oxidation sites excluding steroid dienone is 9. The number of hydrogen-bond donors (Lipinski definition) is 0. The summed E-state index contributed by atoms with van der Waals surface area (Å²) in [6.45, 7) is 10.8. The predicted molar refractivity (Wildman–Crippen MR) is 134 cm³/mol. The van der Waals surface area contributed by atoms with E-state index >= 15 is 0 Å². The topological polar surface area (TPSA) is 56.5 Å². The smallest absolute Gasteiger partial charge is 0.336 e. The zero-order valence-electron chi connectivity index (χ0n) is 20.1. The van der Waals surface area contributed by atoms with E-state index in [0.29, 0.717) is 11.3 Å². The van der Waals surface area contributed by atoms with Crippen LogP contribution in [0.5, 0.6) is 5.75 Å². The molecule has 0 bridgehead atoms. The molecule has 0 atom stereocenters. The van der Waals surface area contributed by atoms with E-state index in [2.05, 4.69) is 39.8 Å². The fraction of sp³-hybridized carbons (Fsp3) is 0.310. The fourth-order valence-electron chi connectivity index (χ4n) is 4.12. The van der Waals surface area contributed by atoms with E-state index in [9.17, 15) is 9.59 Å². The van der Waals surface area contributed by atoms with Gasteiger partial charge in [-0.25, -0.2) is 9.59 Å². The number of ether oxygens (including phenoxy) is 1. The summed E-state index contributed by atoms with van der Waals surface area (Å²) in [7, 11) is 0. The van der Waals surface area contributed by atoms with E-state index in [4.69, 9.17) is 9.15 Å². The molecule has 4 heteroatoms.